The van der Waals surface area contributed by atoms with E-state index in [4.69, 9.17) is 10.5 Å². The lowest BCUT2D eigenvalue weighted by Crippen LogP contribution is -2.17. The van der Waals surface area contributed by atoms with Gasteiger partial charge in [0.05, 0.1) is 5.56 Å². The minimum atomic E-state index is -0.430. The molecule has 1 aromatic heterocycles. The zero-order valence-electron chi connectivity index (χ0n) is 19.1. The van der Waals surface area contributed by atoms with Gasteiger partial charge < -0.3 is 20.1 Å². The van der Waals surface area contributed by atoms with E-state index in [1.165, 1.54) is 0 Å². The molecule has 160 valence electrons. The van der Waals surface area contributed by atoms with Gasteiger partial charge in [0.2, 0.25) is 0 Å². The third kappa shape index (κ3) is 4.84. The molecule has 0 saturated carbocycles. The fourth-order valence-corrected chi connectivity index (χ4v) is 3.71. The second kappa shape index (κ2) is 8.23. The van der Waals surface area contributed by atoms with Crippen molar-refractivity contribution in [2.24, 2.45) is 5.73 Å². The van der Waals surface area contributed by atoms with Crippen LogP contribution >= 0.6 is 0 Å². The molecule has 1 heterocycles. The molecule has 0 atom stereocenters. The molecule has 0 fully saturated rings. The first-order valence-electron chi connectivity index (χ1n) is 10.2. The van der Waals surface area contributed by atoms with E-state index in [0.29, 0.717) is 17.9 Å². The van der Waals surface area contributed by atoms with Gasteiger partial charge in [-0.05, 0) is 47.9 Å². The summed E-state index contributed by atoms with van der Waals surface area (Å²) in [6, 6.07) is 5.95. The summed E-state index contributed by atoms with van der Waals surface area (Å²) in [6.45, 7) is 15.8. The van der Waals surface area contributed by atoms with E-state index in [1.807, 2.05) is 25.1 Å². The maximum atomic E-state index is 12.0. The first kappa shape index (κ1) is 23.0. The quantitative estimate of drug-likeness (QED) is 0.677. The Morgan fingerprint density at radius 1 is 1.07 bits per heavy atom. The first-order valence-corrected chi connectivity index (χ1v) is 10.2. The average molecular weight is 401 g/mol. The van der Waals surface area contributed by atoms with Gasteiger partial charge in [0.25, 0.3) is 5.91 Å². The summed E-state index contributed by atoms with van der Waals surface area (Å²) in [5.41, 5.74) is 10.3. The predicted octanol–water partition coefficient (Wildman–Crippen LogP) is 4.90. The number of carbonyl (C=O) groups is 1. The maximum absolute atomic E-state index is 12.0. The Bertz CT molecular complexity index is 861. The lowest BCUT2D eigenvalue weighted by molar-refractivity contribution is 0.0999. The fraction of sp³-hybridized carbons (Fsp3) is 0.542. The summed E-state index contributed by atoms with van der Waals surface area (Å²) in [6.07, 6.45) is 0.827. The highest BCUT2D eigenvalue weighted by Crippen LogP contribution is 2.42. The van der Waals surface area contributed by atoms with Gasteiger partial charge >= 0.3 is 0 Å². The van der Waals surface area contributed by atoms with Crippen LogP contribution in [0.15, 0.2) is 18.2 Å². The normalized spacial score (nSPS) is 12.4. The monoisotopic (exact) mass is 400 g/mol. The van der Waals surface area contributed by atoms with Crippen LogP contribution in [0.5, 0.6) is 5.75 Å². The van der Waals surface area contributed by atoms with E-state index in [9.17, 15) is 9.90 Å². The third-order valence-electron chi connectivity index (χ3n) is 5.38. The van der Waals surface area contributed by atoms with Gasteiger partial charge in [-0.2, -0.15) is 0 Å². The Kier molecular flexibility index (Phi) is 6.53. The van der Waals surface area contributed by atoms with Crippen molar-refractivity contribution in [3.63, 3.8) is 0 Å². The van der Waals surface area contributed by atoms with E-state index in [-0.39, 0.29) is 10.8 Å². The molecule has 2 aromatic rings. The predicted molar refractivity (Wildman–Crippen MR) is 119 cm³/mol. The second-order valence-electron chi connectivity index (χ2n) is 9.81. The first-order chi connectivity index (χ1) is 13.3. The topological polar surface area (TPSA) is 77.5 Å². The number of phenolic OH excluding ortho intramolecular Hbond substituents is 1. The van der Waals surface area contributed by atoms with Crippen molar-refractivity contribution in [3.8, 4) is 17.0 Å². The Morgan fingerprint density at radius 2 is 1.59 bits per heavy atom. The minimum Gasteiger partial charge on any atom is -0.507 e. The van der Waals surface area contributed by atoms with E-state index < -0.39 is 5.91 Å². The SMILES string of the molecule is COCCCn1c(-c2cc(C(C)(C)C)c(O)c(C(C)(C)C)c2)cc(C(N)=O)c1C. The van der Waals surface area contributed by atoms with Crippen molar-refractivity contribution in [2.45, 2.75) is 72.3 Å². The van der Waals surface area contributed by atoms with Gasteiger partial charge in [0.15, 0.2) is 0 Å². The number of nitrogens with two attached hydrogens (primary N) is 1. The number of aromatic nitrogens is 1. The molecule has 29 heavy (non-hydrogen) atoms. The van der Waals surface area contributed by atoms with Gasteiger partial charge in [-0.15, -0.1) is 0 Å². The van der Waals surface area contributed by atoms with Gasteiger partial charge in [-0.25, -0.2) is 0 Å². The molecule has 0 saturated heterocycles. The number of carbonyl (C=O) groups excluding carboxylic acids is 1. The Morgan fingerprint density at radius 3 is 2.00 bits per heavy atom. The summed E-state index contributed by atoms with van der Waals surface area (Å²) in [5, 5.41) is 11.0. The number of nitrogens with zero attached hydrogens (tertiary/aromatic N) is 1. The molecule has 0 spiro atoms. The lowest BCUT2D eigenvalue weighted by atomic mass is 9.78. The molecular weight excluding hydrogens is 364 g/mol. The number of benzene rings is 1. The number of rotatable bonds is 6. The molecule has 0 aliphatic heterocycles. The van der Waals surface area contributed by atoms with Crippen molar-refractivity contribution < 1.29 is 14.6 Å². The molecule has 2 rings (SSSR count). The highest BCUT2D eigenvalue weighted by Gasteiger charge is 2.28. The average Bonchev–Trinajstić information content (AvgIpc) is 2.90. The molecule has 1 aromatic carbocycles. The minimum absolute atomic E-state index is 0.227. The molecule has 0 unspecified atom stereocenters. The summed E-state index contributed by atoms with van der Waals surface area (Å²) in [7, 11) is 1.68. The van der Waals surface area contributed by atoms with E-state index in [1.54, 1.807) is 7.11 Å². The number of hydrogen-bond donors (Lipinski definition) is 2. The summed E-state index contributed by atoms with van der Waals surface area (Å²) >= 11 is 0. The third-order valence-corrected chi connectivity index (χ3v) is 5.38. The Labute approximate surface area is 174 Å². The van der Waals surface area contributed by atoms with Crippen LogP contribution in [0.2, 0.25) is 0 Å². The summed E-state index contributed by atoms with van der Waals surface area (Å²) in [5.74, 6) is -0.0850. The number of aromatic hydroxyl groups is 1. The number of phenols is 1. The van der Waals surface area contributed by atoms with Crippen molar-refractivity contribution in [3.05, 3.63) is 40.6 Å². The molecule has 0 radical (unpaired) electrons. The van der Waals surface area contributed by atoms with Crippen molar-refractivity contribution >= 4 is 5.91 Å². The van der Waals surface area contributed by atoms with E-state index >= 15 is 0 Å². The molecular formula is C24H36N2O3. The van der Waals surface area contributed by atoms with E-state index in [2.05, 4.69) is 46.1 Å². The molecule has 3 N–H and O–H groups in total. The van der Waals surface area contributed by atoms with Crippen LogP contribution in [0.25, 0.3) is 11.3 Å². The van der Waals surface area contributed by atoms with Crippen LogP contribution in [-0.4, -0.2) is 29.3 Å². The van der Waals surface area contributed by atoms with Crippen LogP contribution in [-0.2, 0) is 22.1 Å². The molecule has 5 heteroatoms. The van der Waals surface area contributed by atoms with E-state index in [0.717, 1.165) is 41.0 Å². The number of hydrogen-bond acceptors (Lipinski definition) is 3. The van der Waals surface area contributed by atoms with Crippen molar-refractivity contribution in [2.75, 3.05) is 13.7 Å². The molecule has 1 amide bonds. The fourth-order valence-electron chi connectivity index (χ4n) is 3.71. The van der Waals surface area contributed by atoms with Crippen LogP contribution in [0.1, 0.15) is 75.1 Å². The molecule has 0 aliphatic carbocycles. The van der Waals surface area contributed by atoms with Gasteiger partial charge in [0.1, 0.15) is 5.75 Å². The largest absolute Gasteiger partial charge is 0.507 e. The van der Waals surface area contributed by atoms with Crippen LogP contribution < -0.4 is 5.73 Å². The van der Waals surface area contributed by atoms with Crippen molar-refractivity contribution in [1.82, 2.24) is 4.57 Å². The number of ether oxygens (including phenoxy) is 1. The highest BCUT2D eigenvalue weighted by molar-refractivity contribution is 5.95. The van der Waals surface area contributed by atoms with Crippen LogP contribution in [0.4, 0.5) is 0 Å². The van der Waals surface area contributed by atoms with Gasteiger partial charge in [-0.3, -0.25) is 4.79 Å². The van der Waals surface area contributed by atoms with Crippen LogP contribution in [0, 0.1) is 6.92 Å². The molecule has 0 aliphatic rings. The summed E-state index contributed by atoms with van der Waals surface area (Å²) < 4.78 is 7.34. The Hall–Kier alpha value is -2.27. The number of methoxy groups -OCH3 is 1. The van der Waals surface area contributed by atoms with Gasteiger partial charge in [-0.1, -0.05) is 41.5 Å². The van der Waals surface area contributed by atoms with Gasteiger partial charge in [0, 0.05) is 42.8 Å². The lowest BCUT2D eigenvalue weighted by Gasteiger charge is -2.28. The zero-order chi connectivity index (χ0) is 22.1. The summed E-state index contributed by atoms with van der Waals surface area (Å²) in [4.78, 5) is 12.0. The number of primary amides is 1. The highest BCUT2D eigenvalue weighted by atomic mass is 16.5. The number of amides is 1. The smallest absolute Gasteiger partial charge is 0.250 e. The van der Waals surface area contributed by atoms with Crippen molar-refractivity contribution in [1.29, 1.82) is 0 Å². The maximum Gasteiger partial charge on any atom is 0.250 e. The standard InChI is InChI=1S/C24H36N2O3/c1-15-17(22(25)28)14-20(26(15)10-9-11-29-8)16-12-18(23(2,3)4)21(27)19(13-16)24(5,6)7/h12-14,27H,9-11H2,1-8H3,(H2,25,28). The second-order valence-corrected chi connectivity index (χ2v) is 9.81. The Balaban J connectivity index is 2.79. The van der Waals surface area contributed by atoms with Crippen LogP contribution in [0.3, 0.4) is 0 Å². The molecule has 5 nitrogen and oxygen atoms in total. The molecule has 0 bridgehead atoms. The zero-order valence-corrected chi connectivity index (χ0v) is 19.1.